The number of carbonyl (C=O) groups is 4. The molecule has 0 aromatic rings. The molecule has 85 heavy (non-hydrogen) atoms. The Labute approximate surface area is 514 Å². The summed E-state index contributed by atoms with van der Waals surface area (Å²) in [7, 11) is 0. The second kappa shape index (κ2) is 58.7. The van der Waals surface area contributed by atoms with Crippen molar-refractivity contribution in [2.75, 3.05) is 13.2 Å². The van der Waals surface area contributed by atoms with E-state index < -0.39 is 67.3 Å². The average Bonchev–Trinajstić information content (AvgIpc) is 3.46. The molecule has 0 aromatic heterocycles. The third-order valence-electron chi connectivity index (χ3n) is 13.6. The quantitative estimate of drug-likeness (QED) is 0.0228. The lowest BCUT2D eigenvalue weighted by molar-refractivity contribution is -0.301. The molecular formula is C73H112O12. The lowest BCUT2D eigenvalue weighted by atomic mass is 9.98. The van der Waals surface area contributed by atoms with Gasteiger partial charge in [0.25, 0.3) is 0 Å². The highest BCUT2D eigenvalue weighted by atomic mass is 16.7. The number of aliphatic carboxylic acids is 1. The van der Waals surface area contributed by atoms with Crippen LogP contribution in [0.2, 0.25) is 0 Å². The van der Waals surface area contributed by atoms with E-state index in [1.54, 1.807) is 0 Å². The van der Waals surface area contributed by atoms with Crippen LogP contribution in [0.1, 0.15) is 226 Å². The lowest BCUT2D eigenvalue weighted by Gasteiger charge is -2.40. The predicted molar refractivity (Wildman–Crippen MR) is 349 cm³/mol. The summed E-state index contributed by atoms with van der Waals surface area (Å²) >= 11 is 0. The molecule has 1 aliphatic rings. The summed E-state index contributed by atoms with van der Waals surface area (Å²) in [4.78, 5) is 51.4. The number of hydrogen-bond donors (Lipinski definition) is 3. The molecule has 0 radical (unpaired) electrons. The number of unbranched alkanes of at least 4 members (excludes halogenated alkanes) is 13. The van der Waals surface area contributed by atoms with Crippen molar-refractivity contribution >= 4 is 23.9 Å². The highest BCUT2D eigenvalue weighted by molar-refractivity contribution is 5.74. The normalized spacial score (nSPS) is 18.5. The molecule has 0 saturated carbocycles. The number of esters is 3. The number of aliphatic hydroxyl groups is 2. The minimum atomic E-state index is -1.93. The highest BCUT2D eigenvalue weighted by Crippen LogP contribution is 2.26. The molecule has 1 fully saturated rings. The molecule has 1 rings (SSSR count). The van der Waals surface area contributed by atoms with Gasteiger partial charge in [-0.25, -0.2) is 4.79 Å². The monoisotopic (exact) mass is 1180 g/mol. The van der Waals surface area contributed by atoms with Crippen molar-refractivity contribution in [2.45, 2.75) is 263 Å². The Bertz CT molecular complexity index is 2080. The van der Waals surface area contributed by atoms with Crippen molar-refractivity contribution in [3.63, 3.8) is 0 Å². The number of allylic oxidation sites excluding steroid dienone is 26. The number of rotatable bonds is 53. The molecule has 12 nitrogen and oxygen atoms in total. The Balaban J connectivity index is 2.74. The first-order valence-electron chi connectivity index (χ1n) is 32.5. The zero-order valence-corrected chi connectivity index (χ0v) is 52.5. The lowest BCUT2D eigenvalue weighted by Crippen LogP contribution is -2.61. The van der Waals surface area contributed by atoms with Gasteiger partial charge in [-0.15, -0.1) is 0 Å². The van der Waals surface area contributed by atoms with E-state index in [0.717, 1.165) is 161 Å². The van der Waals surface area contributed by atoms with Crippen molar-refractivity contribution in [3.8, 4) is 0 Å². The molecule has 0 amide bonds. The Kier molecular flexibility index (Phi) is 53.4. The van der Waals surface area contributed by atoms with Gasteiger partial charge in [0.1, 0.15) is 18.8 Å². The highest BCUT2D eigenvalue weighted by Gasteiger charge is 2.50. The molecule has 6 atom stereocenters. The minimum absolute atomic E-state index is 0.0311. The van der Waals surface area contributed by atoms with E-state index in [9.17, 15) is 34.5 Å². The molecule has 1 aliphatic heterocycles. The smallest absolute Gasteiger partial charge is 0.335 e. The number of hydrogen-bond acceptors (Lipinski definition) is 11. The Hall–Kier alpha value is -5.66. The van der Waals surface area contributed by atoms with E-state index in [1.807, 2.05) is 12.2 Å². The SMILES string of the molecule is CC/C=C\C/C=C\C/C=C\C/C=C\C/C=C\C/C=C\CCC(=O)OCC(COC1OC(C(=O)O)C(O)C(O)C1OC(=O)CCCCCCCCC/C=C\C/C=C\C/C=C\CC)OC(=O)CCCCCCCC/C=C\C/C=C\C/C=C\C/C=C\CC. The second-order valence-corrected chi connectivity index (χ2v) is 21.2. The van der Waals surface area contributed by atoms with Gasteiger partial charge >= 0.3 is 23.9 Å². The van der Waals surface area contributed by atoms with Crippen LogP contribution in [0.4, 0.5) is 0 Å². The first-order valence-corrected chi connectivity index (χ1v) is 32.5. The third-order valence-corrected chi connectivity index (χ3v) is 13.6. The zero-order valence-electron chi connectivity index (χ0n) is 52.5. The van der Waals surface area contributed by atoms with Crippen LogP contribution >= 0.6 is 0 Å². The van der Waals surface area contributed by atoms with Crippen LogP contribution < -0.4 is 0 Å². The predicted octanol–water partition coefficient (Wildman–Crippen LogP) is 17.7. The fourth-order valence-electron chi connectivity index (χ4n) is 8.75. The van der Waals surface area contributed by atoms with Crippen LogP contribution in [0, 0.1) is 0 Å². The van der Waals surface area contributed by atoms with Gasteiger partial charge in [-0.1, -0.05) is 237 Å². The summed E-state index contributed by atoms with van der Waals surface area (Å²) in [5.41, 5.74) is 0. The van der Waals surface area contributed by atoms with E-state index >= 15 is 0 Å². The maximum atomic E-state index is 13.2. The van der Waals surface area contributed by atoms with Gasteiger partial charge in [-0.2, -0.15) is 0 Å². The standard InChI is InChI=1S/C73H112O12/c1-4-7-10-13-16-19-22-25-28-31-33-36-38-41-44-47-50-53-56-59-65(74)81-62-64(83-66(75)60-57-54-51-48-45-42-40-37-34-32-29-26-23-20-17-14-11-8-5-2)63-82-73-71(69(78)68(77)70(85-73)72(79)80)84-67(76)61-58-55-52-49-46-43-39-35-30-27-24-21-18-15-12-9-6-3/h7-12,16-21,25-30,33-34,36-37,41,44,50,53,64,68-71,73,77-78H,4-6,13-15,22-24,31-32,35,38-40,42-43,45-49,51-52,54-63H2,1-3H3,(H,79,80)/b10-7-,11-8-,12-9-,19-16-,20-17-,21-18-,28-25-,29-26-,30-27-,36-33-,37-34-,44-41-,53-50-. The van der Waals surface area contributed by atoms with Gasteiger partial charge in [-0.3, -0.25) is 14.4 Å². The molecule has 12 heteroatoms. The van der Waals surface area contributed by atoms with Crippen LogP contribution in [-0.4, -0.2) is 89.2 Å². The number of carbonyl (C=O) groups excluding carboxylic acids is 3. The Morgan fingerprint density at radius 3 is 1.12 bits per heavy atom. The first kappa shape index (κ1) is 77.4. The van der Waals surface area contributed by atoms with Crippen LogP contribution in [0.15, 0.2) is 158 Å². The third kappa shape index (κ3) is 48.2. The van der Waals surface area contributed by atoms with E-state index in [-0.39, 0.29) is 25.9 Å². The number of carboxylic acid groups (broad SMARTS) is 1. The van der Waals surface area contributed by atoms with E-state index in [2.05, 4.69) is 167 Å². The average molecular weight is 1180 g/mol. The molecule has 0 aliphatic carbocycles. The van der Waals surface area contributed by atoms with Gasteiger partial charge < -0.3 is 39.0 Å². The molecule has 0 bridgehead atoms. The molecule has 476 valence electrons. The Morgan fingerprint density at radius 2 is 0.729 bits per heavy atom. The fraction of sp³-hybridized carbons (Fsp3) is 0.589. The molecule has 0 spiro atoms. The number of ether oxygens (including phenoxy) is 5. The summed E-state index contributed by atoms with van der Waals surface area (Å²) in [6.07, 6.45) is 73.5. The van der Waals surface area contributed by atoms with Crippen LogP contribution in [0.5, 0.6) is 0 Å². The van der Waals surface area contributed by atoms with Gasteiger partial charge in [0, 0.05) is 19.3 Å². The molecular weight excluding hydrogens is 1070 g/mol. The summed E-state index contributed by atoms with van der Waals surface area (Å²) in [6, 6.07) is 0. The largest absolute Gasteiger partial charge is 0.479 e. The van der Waals surface area contributed by atoms with Crippen LogP contribution in [-0.2, 0) is 42.9 Å². The topological polar surface area (TPSA) is 175 Å². The summed E-state index contributed by atoms with van der Waals surface area (Å²) in [6.45, 7) is 5.58. The van der Waals surface area contributed by atoms with Crippen molar-refractivity contribution in [1.82, 2.24) is 0 Å². The molecule has 6 unspecified atom stereocenters. The van der Waals surface area contributed by atoms with Gasteiger partial charge in [0.15, 0.2) is 24.6 Å². The number of carboxylic acids is 1. The Morgan fingerprint density at radius 1 is 0.388 bits per heavy atom. The van der Waals surface area contributed by atoms with E-state index in [1.165, 1.54) is 0 Å². The van der Waals surface area contributed by atoms with Crippen molar-refractivity contribution in [2.24, 2.45) is 0 Å². The van der Waals surface area contributed by atoms with Gasteiger partial charge in [0.05, 0.1) is 6.61 Å². The van der Waals surface area contributed by atoms with Crippen molar-refractivity contribution < 1.29 is 58.2 Å². The summed E-state index contributed by atoms with van der Waals surface area (Å²) in [5, 5.41) is 31.6. The maximum absolute atomic E-state index is 13.2. The molecule has 1 heterocycles. The van der Waals surface area contributed by atoms with Gasteiger partial charge in [-0.05, 0) is 128 Å². The summed E-state index contributed by atoms with van der Waals surface area (Å²) < 4.78 is 28.4. The summed E-state index contributed by atoms with van der Waals surface area (Å²) in [5.74, 6) is -3.28. The number of aliphatic hydroxyl groups excluding tert-OH is 2. The molecule has 1 saturated heterocycles. The second-order valence-electron chi connectivity index (χ2n) is 21.2. The first-order chi connectivity index (χ1) is 41.6. The zero-order chi connectivity index (χ0) is 61.7. The van der Waals surface area contributed by atoms with E-state index in [4.69, 9.17) is 23.7 Å². The van der Waals surface area contributed by atoms with Crippen LogP contribution in [0.3, 0.4) is 0 Å². The van der Waals surface area contributed by atoms with Crippen molar-refractivity contribution in [1.29, 1.82) is 0 Å². The van der Waals surface area contributed by atoms with E-state index in [0.29, 0.717) is 25.7 Å². The molecule has 3 N–H and O–H groups in total. The minimum Gasteiger partial charge on any atom is -0.479 e. The van der Waals surface area contributed by atoms with Crippen LogP contribution in [0.25, 0.3) is 0 Å². The van der Waals surface area contributed by atoms with Crippen molar-refractivity contribution in [3.05, 3.63) is 158 Å². The van der Waals surface area contributed by atoms with Gasteiger partial charge in [0.2, 0.25) is 0 Å². The maximum Gasteiger partial charge on any atom is 0.335 e. The fourth-order valence-corrected chi connectivity index (χ4v) is 8.75. The molecule has 0 aromatic carbocycles.